The van der Waals surface area contributed by atoms with Crippen LogP contribution < -0.4 is 9.64 Å². The number of phenols is 1. The molecule has 0 atom stereocenters. The topological polar surface area (TPSA) is 49.8 Å². The standard InChI is InChI=1S/C18H17NO3/c1-3-22-17-11-12(8-9-16(17)20)10-14-13-6-4-5-7-15(13)19(2)18(14)21/h4-11,20H,3H2,1-2H3. The predicted molar refractivity (Wildman–Crippen MR) is 87.0 cm³/mol. The number of ether oxygens (including phenoxy) is 1. The number of para-hydroxylation sites is 1. The van der Waals surface area contributed by atoms with E-state index in [1.807, 2.05) is 37.3 Å². The summed E-state index contributed by atoms with van der Waals surface area (Å²) in [5, 5.41) is 9.76. The van der Waals surface area contributed by atoms with Crippen LogP contribution in [0.15, 0.2) is 42.5 Å². The number of amides is 1. The highest BCUT2D eigenvalue weighted by atomic mass is 16.5. The van der Waals surface area contributed by atoms with Gasteiger partial charge in [0.05, 0.1) is 12.3 Å². The summed E-state index contributed by atoms with van der Waals surface area (Å²) in [4.78, 5) is 14.1. The first-order valence-corrected chi connectivity index (χ1v) is 7.16. The molecule has 0 saturated heterocycles. The average molecular weight is 295 g/mol. The summed E-state index contributed by atoms with van der Waals surface area (Å²) in [5.41, 5.74) is 3.28. The third-order valence-electron chi connectivity index (χ3n) is 3.69. The number of fused-ring (bicyclic) bond motifs is 1. The molecule has 0 bridgehead atoms. The van der Waals surface area contributed by atoms with Crippen molar-refractivity contribution in [3.63, 3.8) is 0 Å². The van der Waals surface area contributed by atoms with Gasteiger partial charge in [-0.25, -0.2) is 0 Å². The molecule has 2 aromatic carbocycles. The minimum absolute atomic E-state index is 0.0350. The van der Waals surface area contributed by atoms with Crippen molar-refractivity contribution >= 4 is 23.2 Å². The molecule has 0 unspecified atom stereocenters. The van der Waals surface area contributed by atoms with Crippen molar-refractivity contribution in [3.05, 3.63) is 53.6 Å². The number of anilines is 1. The van der Waals surface area contributed by atoms with Crippen LogP contribution in [0.25, 0.3) is 11.6 Å². The molecule has 0 aliphatic carbocycles. The number of phenolic OH excluding ortho intramolecular Hbond substituents is 1. The van der Waals surface area contributed by atoms with Gasteiger partial charge in [0, 0.05) is 18.2 Å². The second-order valence-corrected chi connectivity index (χ2v) is 5.10. The summed E-state index contributed by atoms with van der Waals surface area (Å²) in [6.07, 6.45) is 1.83. The number of benzene rings is 2. The van der Waals surface area contributed by atoms with E-state index in [0.717, 1.165) is 16.8 Å². The van der Waals surface area contributed by atoms with E-state index in [1.54, 1.807) is 30.1 Å². The quantitative estimate of drug-likeness (QED) is 0.884. The molecule has 0 spiro atoms. The Labute approximate surface area is 129 Å². The highest BCUT2D eigenvalue weighted by Gasteiger charge is 2.28. The Hall–Kier alpha value is -2.75. The highest BCUT2D eigenvalue weighted by molar-refractivity contribution is 6.35. The van der Waals surface area contributed by atoms with E-state index in [0.29, 0.717) is 17.9 Å². The molecular formula is C18H17NO3. The zero-order chi connectivity index (χ0) is 15.7. The molecule has 0 saturated carbocycles. The van der Waals surface area contributed by atoms with Crippen LogP contribution in [0.4, 0.5) is 5.69 Å². The van der Waals surface area contributed by atoms with Crippen molar-refractivity contribution in [2.24, 2.45) is 0 Å². The van der Waals surface area contributed by atoms with Crippen LogP contribution in [0.1, 0.15) is 18.1 Å². The number of rotatable bonds is 3. The molecule has 1 N–H and O–H groups in total. The van der Waals surface area contributed by atoms with Crippen LogP contribution in [0, 0.1) is 0 Å². The smallest absolute Gasteiger partial charge is 0.258 e. The summed E-state index contributed by atoms with van der Waals surface area (Å²) in [6, 6.07) is 12.8. The summed E-state index contributed by atoms with van der Waals surface area (Å²) < 4.78 is 5.38. The molecule has 1 aliphatic rings. The maximum absolute atomic E-state index is 12.4. The third-order valence-corrected chi connectivity index (χ3v) is 3.69. The molecule has 112 valence electrons. The molecule has 1 amide bonds. The van der Waals surface area contributed by atoms with Crippen LogP contribution in [0.5, 0.6) is 11.5 Å². The van der Waals surface area contributed by atoms with Crippen LogP contribution in [-0.4, -0.2) is 24.7 Å². The van der Waals surface area contributed by atoms with Crippen LogP contribution in [-0.2, 0) is 4.79 Å². The van der Waals surface area contributed by atoms with Crippen molar-refractivity contribution < 1.29 is 14.6 Å². The van der Waals surface area contributed by atoms with E-state index in [-0.39, 0.29) is 11.7 Å². The van der Waals surface area contributed by atoms with Crippen molar-refractivity contribution in [3.8, 4) is 11.5 Å². The van der Waals surface area contributed by atoms with E-state index in [1.165, 1.54) is 0 Å². The van der Waals surface area contributed by atoms with Gasteiger partial charge in [0.25, 0.3) is 5.91 Å². The van der Waals surface area contributed by atoms with Gasteiger partial charge in [0.15, 0.2) is 11.5 Å². The van der Waals surface area contributed by atoms with Gasteiger partial charge in [-0.05, 0) is 36.8 Å². The summed E-state index contributed by atoms with van der Waals surface area (Å²) >= 11 is 0. The zero-order valence-electron chi connectivity index (χ0n) is 12.5. The largest absolute Gasteiger partial charge is 0.504 e. The van der Waals surface area contributed by atoms with E-state index < -0.39 is 0 Å². The van der Waals surface area contributed by atoms with E-state index in [4.69, 9.17) is 4.74 Å². The Balaban J connectivity index is 2.06. The predicted octanol–water partition coefficient (Wildman–Crippen LogP) is 3.31. The van der Waals surface area contributed by atoms with Gasteiger partial charge in [-0.3, -0.25) is 4.79 Å². The number of likely N-dealkylation sites (N-methyl/N-ethyl adjacent to an activating group) is 1. The summed E-state index contributed by atoms with van der Waals surface area (Å²) in [7, 11) is 1.77. The van der Waals surface area contributed by atoms with Gasteiger partial charge in [-0.2, -0.15) is 0 Å². The van der Waals surface area contributed by atoms with E-state index in [9.17, 15) is 9.90 Å². The molecule has 0 radical (unpaired) electrons. The van der Waals surface area contributed by atoms with Gasteiger partial charge in [-0.1, -0.05) is 24.3 Å². The normalized spacial score (nSPS) is 15.3. The fourth-order valence-electron chi connectivity index (χ4n) is 2.60. The van der Waals surface area contributed by atoms with Crippen molar-refractivity contribution in [1.29, 1.82) is 0 Å². The van der Waals surface area contributed by atoms with Gasteiger partial charge >= 0.3 is 0 Å². The summed E-state index contributed by atoms with van der Waals surface area (Å²) in [6.45, 7) is 2.33. The highest BCUT2D eigenvalue weighted by Crippen LogP contribution is 2.37. The molecule has 0 fully saturated rings. The molecule has 22 heavy (non-hydrogen) atoms. The Kier molecular flexibility index (Phi) is 3.59. The first-order chi connectivity index (χ1) is 10.6. The summed E-state index contributed by atoms with van der Waals surface area (Å²) in [5.74, 6) is 0.482. The first-order valence-electron chi connectivity index (χ1n) is 7.16. The second-order valence-electron chi connectivity index (χ2n) is 5.10. The number of hydrogen-bond acceptors (Lipinski definition) is 3. The number of carbonyl (C=O) groups is 1. The third kappa shape index (κ3) is 2.33. The maximum Gasteiger partial charge on any atom is 0.258 e. The first kappa shape index (κ1) is 14.2. The maximum atomic E-state index is 12.4. The fourth-order valence-corrected chi connectivity index (χ4v) is 2.60. The van der Waals surface area contributed by atoms with E-state index in [2.05, 4.69) is 0 Å². The van der Waals surface area contributed by atoms with Gasteiger partial charge in [-0.15, -0.1) is 0 Å². The van der Waals surface area contributed by atoms with Crippen molar-refractivity contribution in [2.75, 3.05) is 18.6 Å². The molecule has 1 heterocycles. The van der Waals surface area contributed by atoms with Gasteiger partial charge < -0.3 is 14.7 Å². The van der Waals surface area contributed by atoms with Crippen LogP contribution >= 0.6 is 0 Å². The molecular weight excluding hydrogens is 278 g/mol. The van der Waals surface area contributed by atoms with Crippen molar-refractivity contribution in [1.82, 2.24) is 0 Å². The Morgan fingerprint density at radius 3 is 2.77 bits per heavy atom. The lowest BCUT2D eigenvalue weighted by molar-refractivity contribution is -0.112. The lowest BCUT2D eigenvalue weighted by atomic mass is 10.0. The number of nitrogens with zero attached hydrogens (tertiary/aromatic N) is 1. The van der Waals surface area contributed by atoms with Gasteiger partial charge in [0.1, 0.15) is 0 Å². The lowest BCUT2D eigenvalue weighted by Gasteiger charge is -2.08. The van der Waals surface area contributed by atoms with Crippen LogP contribution in [0.2, 0.25) is 0 Å². The molecule has 0 aromatic heterocycles. The molecule has 3 rings (SSSR count). The van der Waals surface area contributed by atoms with E-state index >= 15 is 0 Å². The Bertz CT molecular complexity index is 765. The average Bonchev–Trinajstić information content (AvgIpc) is 2.76. The van der Waals surface area contributed by atoms with Crippen LogP contribution in [0.3, 0.4) is 0 Å². The molecule has 4 nitrogen and oxygen atoms in total. The minimum Gasteiger partial charge on any atom is -0.504 e. The second kappa shape index (κ2) is 5.56. The molecule has 4 heteroatoms. The fraction of sp³-hybridized carbons (Fsp3) is 0.167. The minimum atomic E-state index is -0.0350. The number of hydrogen-bond donors (Lipinski definition) is 1. The SMILES string of the molecule is CCOc1cc(C=C2C(=O)N(C)c3ccccc32)ccc1O. The lowest BCUT2D eigenvalue weighted by Crippen LogP contribution is -2.20. The Morgan fingerprint density at radius 2 is 2.00 bits per heavy atom. The van der Waals surface area contributed by atoms with Gasteiger partial charge in [0.2, 0.25) is 0 Å². The van der Waals surface area contributed by atoms with Crippen molar-refractivity contribution in [2.45, 2.75) is 6.92 Å². The number of aromatic hydroxyl groups is 1. The monoisotopic (exact) mass is 295 g/mol. The number of carbonyl (C=O) groups excluding carboxylic acids is 1. The Morgan fingerprint density at radius 1 is 1.23 bits per heavy atom. The zero-order valence-corrected chi connectivity index (χ0v) is 12.5. The molecule has 2 aromatic rings. The molecule has 1 aliphatic heterocycles.